The van der Waals surface area contributed by atoms with Crippen LogP contribution in [-0.2, 0) is 5.41 Å². The van der Waals surface area contributed by atoms with Gasteiger partial charge in [0.15, 0.2) is 5.82 Å². The van der Waals surface area contributed by atoms with Crippen molar-refractivity contribution in [2.45, 2.75) is 26.2 Å². The summed E-state index contributed by atoms with van der Waals surface area (Å²) < 4.78 is 5.22. The Hall–Kier alpha value is -1.55. The maximum absolute atomic E-state index is 5.61. The van der Waals surface area contributed by atoms with Gasteiger partial charge in [0.2, 0.25) is 0 Å². The van der Waals surface area contributed by atoms with Crippen LogP contribution in [0.5, 0.6) is 0 Å². The Kier molecular flexibility index (Phi) is 3.78. The Morgan fingerprint density at radius 2 is 1.71 bits per heavy atom. The molecule has 1 aromatic carbocycles. The van der Waals surface area contributed by atoms with Crippen molar-refractivity contribution in [3.05, 3.63) is 30.1 Å². The van der Waals surface area contributed by atoms with E-state index in [0.29, 0.717) is 11.7 Å². The predicted octanol–water partition coefficient (Wildman–Crippen LogP) is 3.04. The van der Waals surface area contributed by atoms with Crippen molar-refractivity contribution < 1.29 is 4.52 Å². The van der Waals surface area contributed by atoms with Crippen LogP contribution in [0.15, 0.2) is 28.8 Å². The first-order chi connectivity index (χ1) is 7.47. The minimum absolute atomic E-state index is 0. The molecule has 5 heteroatoms. The number of hydrogen-bond acceptors (Lipinski definition) is 4. The van der Waals surface area contributed by atoms with Gasteiger partial charge in [-0.25, -0.2) is 0 Å². The monoisotopic (exact) mass is 253 g/mol. The van der Waals surface area contributed by atoms with Gasteiger partial charge in [-0.2, -0.15) is 4.98 Å². The maximum Gasteiger partial charge on any atom is 0.257 e. The summed E-state index contributed by atoms with van der Waals surface area (Å²) in [6.45, 7) is 6.14. The molecule has 0 saturated heterocycles. The third kappa shape index (κ3) is 2.97. The molecule has 0 aliphatic rings. The molecule has 1 heterocycles. The van der Waals surface area contributed by atoms with Crippen molar-refractivity contribution in [1.82, 2.24) is 10.1 Å². The molecule has 4 nitrogen and oxygen atoms in total. The summed E-state index contributed by atoms with van der Waals surface area (Å²) in [6.07, 6.45) is 0. The van der Waals surface area contributed by atoms with Crippen molar-refractivity contribution >= 4 is 18.1 Å². The molecule has 2 aromatic rings. The number of nitrogen functional groups attached to an aromatic ring is 1. The fourth-order valence-corrected chi connectivity index (χ4v) is 1.27. The average molecular weight is 254 g/mol. The highest BCUT2D eigenvalue weighted by atomic mass is 35.5. The van der Waals surface area contributed by atoms with Crippen LogP contribution in [0.25, 0.3) is 11.5 Å². The molecule has 2 N–H and O–H groups in total. The van der Waals surface area contributed by atoms with Crippen LogP contribution >= 0.6 is 12.4 Å². The summed E-state index contributed by atoms with van der Waals surface area (Å²) in [4.78, 5) is 4.36. The van der Waals surface area contributed by atoms with E-state index >= 15 is 0 Å². The lowest BCUT2D eigenvalue weighted by Crippen LogP contribution is -2.13. The number of anilines is 1. The average Bonchev–Trinajstić information content (AvgIpc) is 2.67. The van der Waals surface area contributed by atoms with E-state index in [4.69, 9.17) is 10.3 Å². The van der Waals surface area contributed by atoms with Gasteiger partial charge in [0.25, 0.3) is 5.89 Å². The fraction of sp³-hybridized carbons (Fsp3) is 0.333. The van der Waals surface area contributed by atoms with Crippen molar-refractivity contribution in [2.75, 3.05) is 5.73 Å². The minimum atomic E-state index is -0.102. The van der Waals surface area contributed by atoms with Crippen LogP contribution < -0.4 is 5.73 Å². The minimum Gasteiger partial charge on any atom is -0.399 e. The van der Waals surface area contributed by atoms with Gasteiger partial charge in [0.1, 0.15) is 0 Å². The van der Waals surface area contributed by atoms with Gasteiger partial charge >= 0.3 is 0 Å². The molecule has 92 valence electrons. The number of halogens is 1. The Morgan fingerprint density at radius 1 is 1.12 bits per heavy atom. The van der Waals surface area contributed by atoms with Gasteiger partial charge in [-0.3, -0.25) is 0 Å². The van der Waals surface area contributed by atoms with E-state index in [1.807, 2.05) is 45.0 Å². The molecule has 0 saturated carbocycles. The third-order valence-electron chi connectivity index (χ3n) is 2.25. The van der Waals surface area contributed by atoms with E-state index in [9.17, 15) is 0 Å². The van der Waals surface area contributed by atoms with E-state index in [-0.39, 0.29) is 17.8 Å². The van der Waals surface area contributed by atoms with Crippen LogP contribution in [0.1, 0.15) is 26.6 Å². The van der Waals surface area contributed by atoms with Crippen LogP contribution in [0.3, 0.4) is 0 Å². The smallest absolute Gasteiger partial charge is 0.257 e. The number of rotatable bonds is 1. The second kappa shape index (κ2) is 4.75. The fourth-order valence-electron chi connectivity index (χ4n) is 1.27. The molecule has 0 spiro atoms. The highest BCUT2D eigenvalue weighted by Gasteiger charge is 2.21. The molecule has 0 atom stereocenters. The largest absolute Gasteiger partial charge is 0.399 e. The number of nitrogens with zero attached hydrogens (tertiary/aromatic N) is 2. The van der Waals surface area contributed by atoms with Gasteiger partial charge in [-0.05, 0) is 24.3 Å². The molecule has 0 bridgehead atoms. The molecule has 0 unspecified atom stereocenters. The summed E-state index contributed by atoms with van der Waals surface area (Å²) >= 11 is 0. The summed E-state index contributed by atoms with van der Waals surface area (Å²) in [5, 5.41) is 3.97. The van der Waals surface area contributed by atoms with E-state index in [2.05, 4.69) is 10.1 Å². The Morgan fingerprint density at radius 3 is 2.18 bits per heavy atom. The molecule has 2 rings (SSSR count). The van der Waals surface area contributed by atoms with Crippen molar-refractivity contribution in [1.29, 1.82) is 0 Å². The van der Waals surface area contributed by atoms with Gasteiger partial charge in [0.05, 0.1) is 0 Å². The van der Waals surface area contributed by atoms with E-state index in [0.717, 1.165) is 11.3 Å². The Balaban J connectivity index is 0.00000144. The lowest BCUT2D eigenvalue weighted by molar-refractivity contribution is 0.402. The SMILES string of the molecule is CC(C)(C)c1noc(-c2ccc(N)cc2)n1.Cl. The van der Waals surface area contributed by atoms with Crippen molar-refractivity contribution in [2.24, 2.45) is 0 Å². The van der Waals surface area contributed by atoms with Gasteiger partial charge in [-0.1, -0.05) is 25.9 Å². The normalized spacial score (nSPS) is 11.0. The number of aromatic nitrogens is 2. The Bertz CT molecular complexity index is 485. The van der Waals surface area contributed by atoms with Gasteiger partial charge in [0, 0.05) is 16.7 Å². The molecule has 0 aliphatic carbocycles. The predicted molar refractivity (Wildman–Crippen MR) is 70.1 cm³/mol. The van der Waals surface area contributed by atoms with Crippen molar-refractivity contribution in [3.63, 3.8) is 0 Å². The molecule has 0 amide bonds. The van der Waals surface area contributed by atoms with E-state index < -0.39 is 0 Å². The van der Waals surface area contributed by atoms with Gasteiger partial charge in [-0.15, -0.1) is 12.4 Å². The lowest BCUT2D eigenvalue weighted by Gasteiger charge is -2.10. The van der Waals surface area contributed by atoms with Crippen molar-refractivity contribution in [3.8, 4) is 11.5 Å². The first-order valence-corrected chi connectivity index (χ1v) is 5.17. The van der Waals surface area contributed by atoms with Crippen LogP contribution in [0.2, 0.25) is 0 Å². The number of benzene rings is 1. The summed E-state index contributed by atoms with van der Waals surface area (Å²) in [5.74, 6) is 1.24. The highest BCUT2D eigenvalue weighted by Crippen LogP contribution is 2.23. The second-order valence-corrected chi connectivity index (χ2v) is 4.80. The highest BCUT2D eigenvalue weighted by molar-refractivity contribution is 5.85. The summed E-state index contributed by atoms with van der Waals surface area (Å²) in [6, 6.07) is 7.37. The van der Waals surface area contributed by atoms with E-state index in [1.165, 1.54) is 0 Å². The molecular formula is C12H16ClN3O. The van der Waals surface area contributed by atoms with Crippen LogP contribution in [-0.4, -0.2) is 10.1 Å². The maximum atomic E-state index is 5.61. The molecule has 1 aromatic heterocycles. The zero-order valence-electron chi connectivity index (χ0n) is 10.1. The number of nitrogens with two attached hydrogens (primary N) is 1. The molecule has 0 radical (unpaired) electrons. The van der Waals surface area contributed by atoms with Crippen LogP contribution in [0, 0.1) is 0 Å². The topological polar surface area (TPSA) is 64.9 Å². The quantitative estimate of drug-likeness (QED) is 0.794. The lowest BCUT2D eigenvalue weighted by atomic mass is 9.96. The number of hydrogen-bond donors (Lipinski definition) is 1. The van der Waals surface area contributed by atoms with Crippen LogP contribution in [0.4, 0.5) is 5.69 Å². The summed E-state index contributed by atoms with van der Waals surface area (Å²) in [7, 11) is 0. The molecule has 0 aliphatic heterocycles. The Labute approximate surface area is 107 Å². The first kappa shape index (κ1) is 13.5. The van der Waals surface area contributed by atoms with Gasteiger partial charge < -0.3 is 10.3 Å². The first-order valence-electron chi connectivity index (χ1n) is 5.17. The third-order valence-corrected chi connectivity index (χ3v) is 2.25. The molecular weight excluding hydrogens is 238 g/mol. The van der Waals surface area contributed by atoms with E-state index in [1.54, 1.807) is 0 Å². The standard InChI is InChI=1S/C12H15N3O.ClH/c1-12(2,3)11-14-10(16-15-11)8-4-6-9(13)7-5-8;/h4-7H,13H2,1-3H3;1H. The zero-order chi connectivity index (χ0) is 11.8. The molecule has 0 fully saturated rings. The summed E-state index contributed by atoms with van der Waals surface area (Å²) in [5.41, 5.74) is 7.12. The molecule has 17 heavy (non-hydrogen) atoms. The zero-order valence-corrected chi connectivity index (χ0v) is 10.9. The second-order valence-electron chi connectivity index (χ2n) is 4.80.